The monoisotopic (exact) mass is 309 g/mol. The number of nitrogens with zero attached hydrogens (tertiary/aromatic N) is 1. The lowest BCUT2D eigenvalue weighted by atomic mass is 10.1. The summed E-state index contributed by atoms with van der Waals surface area (Å²) < 4.78 is 5.20. The largest absolute Gasteiger partial charge is 0.495 e. The highest BCUT2D eigenvalue weighted by Crippen LogP contribution is 2.23. The van der Waals surface area contributed by atoms with Gasteiger partial charge in [0.15, 0.2) is 0 Å². The molecule has 2 N–H and O–H groups in total. The van der Waals surface area contributed by atoms with Crippen LogP contribution in [0.2, 0.25) is 0 Å². The number of fused-ring (bicyclic) bond motifs is 1. The SMILES string of the molecule is COc1ccccc1NC(=O)Cc1n[nH]c(=O)c2ccccc12. The van der Waals surface area contributed by atoms with Gasteiger partial charge >= 0.3 is 0 Å². The molecular formula is C17H15N3O3. The van der Waals surface area contributed by atoms with Gasteiger partial charge in [-0.05, 0) is 18.2 Å². The van der Waals surface area contributed by atoms with Crippen molar-refractivity contribution in [3.8, 4) is 5.75 Å². The van der Waals surface area contributed by atoms with Crippen LogP contribution in [0.5, 0.6) is 5.75 Å². The van der Waals surface area contributed by atoms with Crippen LogP contribution in [0.1, 0.15) is 5.69 Å². The number of amides is 1. The van der Waals surface area contributed by atoms with E-state index in [-0.39, 0.29) is 17.9 Å². The van der Waals surface area contributed by atoms with Crippen molar-refractivity contribution in [1.82, 2.24) is 10.2 Å². The van der Waals surface area contributed by atoms with Crippen molar-refractivity contribution in [2.75, 3.05) is 12.4 Å². The number of H-pyrrole nitrogens is 1. The van der Waals surface area contributed by atoms with E-state index >= 15 is 0 Å². The lowest BCUT2D eigenvalue weighted by Crippen LogP contribution is -2.18. The Morgan fingerprint density at radius 1 is 1.13 bits per heavy atom. The van der Waals surface area contributed by atoms with Gasteiger partial charge in [0.2, 0.25) is 5.91 Å². The van der Waals surface area contributed by atoms with Gasteiger partial charge in [0, 0.05) is 5.39 Å². The molecule has 3 aromatic rings. The van der Waals surface area contributed by atoms with Gasteiger partial charge in [-0.15, -0.1) is 0 Å². The Kier molecular flexibility index (Phi) is 4.05. The number of aromatic nitrogens is 2. The number of hydrogen-bond acceptors (Lipinski definition) is 4. The summed E-state index contributed by atoms with van der Waals surface area (Å²) >= 11 is 0. The maximum atomic E-state index is 12.3. The van der Waals surface area contributed by atoms with Gasteiger partial charge in [0.25, 0.3) is 5.56 Å². The minimum atomic E-state index is -0.269. The Morgan fingerprint density at radius 2 is 1.83 bits per heavy atom. The topological polar surface area (TPSA) is 84.1 Å². The molecule has 3 rings (SSSR count). The fourth-order valence-corrected chi connectivity index (χ4v) is 2.40. The quantitative estimate of drug-likeness (QED) is 0.773. The van der Waals surface area contributed by atoms with Crippen molar-refractivity contribution in [1.29, 1.82) is 0 Å². The molecule has 0 saturated carbocycles. The highest BCUT2D eigenvalue weighted by molar-refractivity contribution is 5.96. The fourth-order valence-electron chi connectivity index (χ4n) is 2.40. The third kappa shape index (κ3) is 3.06. The van der Waals surface area contributed by atoms with E-state index in [1.807, 2.05) is 18.2 Å². The molecule has 2 aromatic carbocycles. The van der Waals surface area contributed by atoms with Gasteiger partial charge < -0.3 is 10.1 Å². The molecule has 6 nitrogen and oxygen atoms in total. The lowest BCUT2D eigenvalue weighted by Gasteiger charge is -2.10. The number of carbonyl (C=O) groups is 1. The Labute approximate surface area is 132 Å². The zero-order valence-electron chi connectivity index (χ0n) is 12.5. The molecule has 0 bridgehead atoms. The van der Waals surface area contributed by atoms with Crippen molar-refractivity contribution in [3.05, 3.63) is 64.6 Å². The second-order valence-corrected chi connectivity index (χ2v) is 4.97. The van der Waals surface area contributed by atoms with Crippen LogP contribution in [-0.4, -0.2) is 23.2 Å². The van der Waals surface area contributed by atoms with E-state index in [0.717, 1.165) is 0 Å². The van der Waals surface area contributed by atoms with Crippen LogP contribution in [0.15, 0.2) is 53.3 Å². The number of para-hydroxylation sites is 2. The third-order valence-electron chi connectivity index (χ3n) is 3.48. The number of aromatic amines is 1. The van der Waals surface area contributed by atoms with Crippen LogP contribution in [-0.2, 0) is 11.2 Å². The first-order valence-electron chi connectivity index (χ1n) is 7.08. The summed E-state index contributed by atoms with van der Waals surface area (Å²) in [5.74, 6) is 0.347. The lowest BCUT2D eigenvalue weighted by molar-refractivity contribution is -0.115. The Balaban J connectivity index is 1.86. The highest BCUT2D eigenvalue weighted by atomic mass is 16.5. The number of hydrogen-bond donors (Lipinski definition) is 2. The second-order valence-electron chi connectivity index (χ2n) is 4.97. The van der Waals surface area contributed by atoms with Crippen LogP contribution in [0, 0.1) is 0 Å². The van der Waals surface area contributed by atoms with Crippen LogP contribution < -0.4 is 15.6 Å². The zero-order chi connectivity index (χ0) is 16.2. The van der Waals surface area contributed by atoms with E-state index in [2.05, 4.69) is 15.5 Å². The second kappa shape index (κ2) is 6.31. The van der Waals surface area contributed by atoms with Crippen molar-refractivity contribution in [2.45, 2.75) is 6.42 Å². The normalized spacial score (nSPS) is 10.5. The van der Waals surface area contributed by atoms with Gasteiger partial charge in [-0.2, -0.15) is 5.10 Å². The van der Waals surface area contributed by atoms with Gasteiger partial charge in [-0.25, -0.2) is 5.10 Å². The highest BCUT2D eigenvalue weighted by Gasteiger charge is 2.12. The summed E-state index contributed by atoms with van der Waals surface area (Å²) in [5, 5.41) is 10.4. The number of ether oxygens (including phenoxy) is 1. The van der Waals surface area contributed by atoms with Crippen molar-refractivity contribution < 1.29 is 9.53 Å². The predicted octanol–water partition coefficient (Wildman–Crippen LogP) is 2.11. The summed E-state index contributed by atoms with van der Waals surface area (Å²) in [4.78, 5) is 24.0. The van der Waals surface area contributed by atoms with Crippen LogP contribution in [0.4, 0.5) is 5.69 Å². The van der Waals surface area contributed by atoms with E-state index in [9.17, 15) is 9.59 Å². The molecule has 0 unspecified atom stereocenters. The Bertz CT molecular complexity index is 918. The van der Waals surface area contributed by atoms with E-state index in [0.29, 0.717) is 27.9 Å². The Hall–Kier alpha value is -3.15. The van der Waals surface area contributed by atoms with Gasteiger partial charge in [-0.1, -0.05) is 30.3 Å². The standard InChI is InChI=1S/C17H15N3O3/c1-23-15-9-5-4-8-13(15)18-16(21)10-14-11-6-2-3-7-12(11)17(22)20-19-14/h2-9H,10H2,1H3,(H,18,21)(H,20,22). The predicted molar refractivity (Wildman–Crippen MR) is 87.7 cm³/mol. The maximum Gasteiger partial charge on any atom is 0.272 e. The third-order valence-corrected chi connectivity index (χ3v) is 3.48. The smallest absolute Gasteiger partial charge is 0.272 e. The first kappa shape index (κ1) is 14.8. The number of anilines is 1. The van der Waals surface area contributed by atoms with Crippen LogP contribution in [0.3, 0.4) is 0 Å². The number of rotatable bonds is 4. The molecule has 23 heavy (non-hydrogen) atoms. The average molecular weight is 309 g/mol. The van der Waals surface area contributed by atoms with Gasteiger partial charge in [0.1, 0.15) is 5.75 Å². The molecule has 0 atom stereocenters. The van der Waals surface area contributed by atoms with Crippen LogP contribution >= 0.6 is 0 Å². The molecule has 0 aliphatic rings. The van der Waals surface area contributed by atoms with E-state index in [1.54, 1.807) is 37.4 Å². The average Bonchev–Trinajstić information content (AvgIpc) is 2.58. The molecule has 0 radical (unpaired) electrons. The number of carbonyl (C=O) groups excluding carboxylic acids is 1. The maximum absolute atomic E-state index is 12.3. The van der Waals surface area contributed by atoms with Gasteiger partial charge in [-0.3, -0.25) is 9.59 Å². The van der Waals surface area contributed by atoms with Crippen molar-refractivity contribution in [2.24, 2.45) is 0 Å². The summed E-state index contributed by atoms with van der Waals surface area (Å²) in [6, 6.07) is 14.2. The molecule has 6 heteroatoms. The zero-order valence-corrected chi connectivity index (χ0v) is 12.5. The van der Waals surface area contributed by atoms with E-state index in [1.165, 1.54) is 0 Å². The molecule has 0 spiro atoms. The molecule has 0 fully saturated rings. The molecule has 1 heterocycles. The first-order valence-corrected chi connectivity index (χ1v) is 7.08. The van der Waals surface area contributed by atoms with E-state index in [4.69, 9.17) is 4.74 Å². The van der Waals surface area contributed by atoms with Crippen molar-refractivity contribution >= 4 is 22.4 Å². The molecule has 116 valence electrons. The molecule has 1 aromatic heterocycles. The molecule has 1 amide bonds. The molecule has 0 aliphatic carbocycles. The Morgan fingerprint density at radius 3 is 2.61 bits per heavy atom. The summed E-state index contributed by atoms with van der Waals surface area (Å²) in [6.07, 6.45) is 0.0509. The fraction of sp³-hybridized carbons (Fsp3) is 0.118. The first-order chi connectivity index (χ1) is 11.2. The minimum absolute atomic E-state index is 0.0509. The minimum Gasteiger partial charge on any atom is -0.495 e. The summed E-state index contributed by atoms with van der Waals surface area (Å²) in [6.45, 7) is 0. The number of nitrogens with one attached hydrogen (secondary N) is 2. The number of benzene rings is 2. The van der Waals surface area contributed by atoms with Crippen LogP contribution in [0.25, 0.3) is 10.8 Å². The summed E-state index contributed by atoms with van der Waals surface area (Å²) in [7, 11) is 1.54. The van der Waals surface area contributed by atoms with Crippen molar-refractivity contribution in [3.63, 3.8) is 0 Å². The summed E-state index contributed by atoms with van der Waals surface area (Å²) in [5.41, 5.74) is 0.843. The molecular weight excluding hydrogens is 294 g/mol. The number of methoxy groups -OCH3 is 1. The van der Waals surface area contributed by atoms with E-state index < -0.39 is 0 Å². The van der Waals surface area contributed by atoms with Gasteiger partial charge in [0.05, 0.1) is 30.3 Å². The molecule has 0 aliphatic heterocycles. The molecule has 0 saturated heterocycles.